The molecule has 0 saturated heterocycles. The number of methoxy groups -OCH3 is 2. The quantitative estimate of drug-likeness (QED) is 0.859. The predicted octanol–water partition coefficient (Wildman–Crippen LogP) is 1.75. The summed E-state index contributed by atoms with van der Waals surface area (Å²) in [7, 11) is 4.85. The van der Waals surface area contributed by atoms with Crippen molar-refractivity contribution in [1.82, 2.24) is 14.9 Å². The lowest BCUT2D eigenvalue weighted by atomic mass is 10.0. The van der Waals surface area contributed by atoms with Crippen LogP contribution in [0, 0.1) is 0 Å². The zero-order valence-electron chi connectivity index (χ0n) is 12.1. The molecule has 0 fully saturated rings. The van der Waals surface area contributed by atoms with Crippen LogP contribution >= 0.6 is 0 Å². The molecule has 1 aromatic heterocycles. The number of amides is 1. The van der Waals surface area contributed by atoms with Gasteiger partial charge in [0, 0.05) is 25.4 Å². The summed E-state index contributed by atoms with van der Waals surface area (Å²) >= 11 is 0. The van der Waals surface area contributed by atoms with Crippen molar-refractivity contribution in [3.05, 3.63) is 35.5 Å². The molecule has 108 valence electrons. The molecule has 0 spiro atoms. The largest absolute Gasteiger partial charge is 0.480 e. The van der Waals surface area contributed by atoms with E-state index in [1.807, 2.05) is 18.2 Å². The third kappa shape index (κ3) is 2.18. The Labute approximate surface area is 122 Å². The van der Waals surface area contributed by atoms with Gasteiger partial charge in [-0.05, 0) is 23.3 Å². The highest BCUT2D eigenvalue weighted by atomic mass is 16.5. The Kier molecular flexibility index (Phi) is 3.21. The normalized spacial score (nSPS) is 13.3. The lowest BCUT2D eigenvalue weighted by Crippen LogP contribution is -2.17. The van der Waals surface area contributed by atoms with Crippen LogP contribution in [0.2, 0.25) is 0 Å². The zero-order chi connectivity index (χ0) is 15.0. The van der Waals surface area contributed by atoms with E-state index in [0.29, 0.717) is 12.4 Å². The summed E-state index contributed by atoms with van der Waals surface area (Å²) in [6, 6.07) is 5.94. The van der Waals surface area contributed by atoms with Gasteiger partial charge in [0.2, 0.25) is 5.88 Å². The van der Waals surface area contributed by atoms with Crippen molar-refractivity contribution in [2.75, 3.05) is 21.3 Å². The molecule has 0 unspecified atom stereocenters. The van der Waals surface area contributed by atoms with Crippen LogP contribution in [0.25, 0.3) is 11.1 Å². The standard InChI is InChI=1S/C15H15N3O3/c1-18-8-10-6-9(4-5-11(10)14(18)19)12-7-16-15(21-3)17-13(12)20-2/h4-7H,8H2,1-3H3. The van der Waals surface area contributed by atoms with Gasteiger partial charge in [-0.1, -0.05) is 6.07 Å². The van der Waals surface area contributed by atoms with E-state index in [0.717, 1.165) is 22.3 Å². The van der Waals surface area contributed by atoms with Crippen molar-refractivity contribution in [3.63, 3.8) is 0 Å². The first kappa shape index (κ1) is 13.4. The number of hydrogen-bond acceptors (Lipinski definition) is 5. The predicted molar refractivity (Wildman–Crippen MR) is 76.4 cm³/mol. The van der Waals surface area contributed by atoms with Crippen LogP contribution in [-0.4, -0.2) is 42.0 Å². The van der Waals surface area contributed by atoms with E-state index in [9.17, 15) is 4.79 Å². The van der Waals surface area contributed by atoms with Crippen LogP contribution in [0.15, 0.2) is 24.4 Å². The minimum Gasteiger partial charge on any atom is -0.480 e. The first-order valence-corrected chi connectivity index (χ1v) is 6.48. The van der Waals surface area contributed by atoms with Crippen molar-refractivity contribution in [2.24, 2.45) is 0 Å². The second kappa shape index (κ2) is 5.05. The van der Waals surface area contributed by atoms with E-state index < -0.39 is 0 Å². The molecule has 1 aliphatic rings. The van der Waals surface area contributed by atoms with Gasteiger partial charge in [-0.15, -0.1) is 0 Å². The molecule has 6 nitrogen and oxygen atoms in total. The van der Waals surface area contributed by atoms with Crippen LogP contribution < -0.4 is 9.47 Å². The summed E-state index contributed by atoms with van der Waals surface area (Å²) in [5.74, 6) is 0.494. The fourth-order valence-corrected chi connectivity index (χ4v) is 2.44. The van der Waals surface area contributed by atoms with E-state index in [-0.39, 0.29) is 11.9 Å². The van der Waals surface area contributed by atoms with Gasteiger partial charge in [0.05, 0.1) is 19.8 Å². The fraction of sp³-hybridized carbons (Fsp3) is 0.267. The average molecular weight is 285 g/mol. The maximum absolute atomic E-state index is 11.9. The highest BCUT2D eigenvalue weighted by molar-refractivity contribution is 5.98. The molecule has 0 saturated carbocycles. The number of fused-ring (bicyclic) bond motifs is 1. The molecule has 1 amide bonds. The first-order valence-electron chi connectivity index (χ1n) is 6.48. The smallest absolute Gasteiger partial charge is 0.319 e. The highest BCUT2D eigenvalue weighted by Gasteiger charge is 2.25. The van der Waals surface area contributed by atoms with Gasteiger partial charge in [0.15, 0.2) is 0 Å². The molecular weight excluding hydrogens is 270 g/mol. The van der Waals surface area contributed by atoms with Crippen molar-refractivity contribution in [3.8, 4) is 23.0 Å². The van der Waals surface area contributed by atoms with Crippen LogP contribution in [0.4, 0.5) is 0 Å². The summed E-state index contributed by atoms with van der Waals surface area (Å²) in [6.07, 6.45) is 1.66. The van der Waals surface area contributed by atoms with E-state index in [1.165, 1.54) is 7.11 Å². The summed E-state index contributed by atoms with van der Waals surface area (Å²) in [4.78, 5) is 21.9. The van der Waals surface area contributed by atoms with Gasteiger partial charge < -0.3 is 14.4 Å². The summed E-state index contributed by atoms with van der Waals surface area (Å²) in [5.41, 5.74) is 3.42. The van der Waals surface area contributed by atoms with Gasteiger partial charge in [0.1, 0.15) is 0 Å². The van der Waals surface area contributed by atoms with Gasteiger partial charge in [-0.25, -0.2) is 4.98 Å². The number of aromatic nitrogens is 2. The lowest BCUT2D eigenvalue weighted by Gasteiger charge is -2.09. The van der Waals surface area contributed by atoms with Crippen LogP contribution in [0.1, 0.15) is 15.9 Å². The molecule has 21 heavy (non-hydrogen) atoms. The Morgan fingerprint density at radius 1 is 1.19 bits per heavy atom. The van der Waals surface area contributed by atoms with Crippen LogP contribution in [-0.2, 0) is 6.54 Å². The number of nitrogens with zero attached hydrogens (tertiary/aromatic N) is 3. The Hall–Kier alpha value is -2.63. The zero-order valence-corrected chi connectivity index (χ0v) is 12.1. The monoisotopic (exact) mass is 285 g/mol. The maximum atomic E-state index is 11.9. The van der Waals surface area contributed by atoms with Crippen LogP contribution in [0.5, 0.6) is 11.9 Å². The molecule has 0 aliphatic carbocycles. The number of benzene rings is 1. The third-order valence-electron chi connectivity index (χ3n) is 3.51. The topological polar surface area (TPSA) is 64.5 Å². The lowest BCUT2D eigenvalue weighted by molar-refractivity contribution is 0.0816. The molecule has 0 radical (unpaired) electrons. The molecule has 1 aromatic carbocycles. The van der Waals surface area contributed by atoms with E-state index in [4.69, 9.17) is 9.47 Å². The average Bonchev–Trinajstić information content (AvgIpc) is 2.80. The van der Waals surface area contributed by atoms with Crippen LogP contribution in [0.3, 0.4) is 0 Å². The summed E-state index contributed by atoms with van der Waals surface area (Å²) < 4.78 is 10.3. The molecule has 2 heterocycles. The Morgan fingerprint density at radius 3 is 2.71 bits per heavy atom. The summed E-state index contributed by atoms with van der Waals surface area (Å²) in [5, 5.41) is 0. The first-order chi connectivity index (χ1) is 10.1. The number of rotatable bonds is 3. The number of carbonyl (C=O) groups is 1. The molecule has 0 bridgehead atoms. The van der Waals surface area contributed by atoms with Crippen molar-refractivity contribution in [2.45, 2.75) is 6.54 Å². The SMILES string of the molecule is COc1ncc(-c2ccc3c(c2)CN(C)C3=O)c(OC)n1. The maximum Gasteiger partial charge on any atom is 0.319 e. The molecule has 6 heteroatoms. The van der Waals surface area contributed by atoms with Gasteiger partial charge >= 0.3 is 6.01 Å². The minimum atomic E-state index is 0.0505. The highest BCUT2D eigenvalue weighted by Crippen LogP contribution is 2.32. The molecule has 0 atom stereocenters. The second-order valence-electron chi connectivity index (χ2n) is 4.81. The molecule has 1 aliphatic heterocycles. The van der Waals surface area contributed by atoms with Crippen molar-refractivity contribution < 1.29 is 14.3 Å². The number of ether oxygens (including phenoxy) is 2. The van der Waals surface area contributed by atoms with Gasteiger partial charge in [-0.2, -0.15) is 4.98 Å². The Morgan fingerprint density at radius 2 is 2.00 bits per heavy atom. The fourth-order valence-electron chi connectivity index (χ4n) is 2.44. The number of carbonyl (C=O) groups excluding carboxylic acids is 1. The molecular formula is C15H15N3O3. The Balaban J connectivity index is 2.06. The van der Waals surface area contributed by atoms with Crippen molar-refractivity contribution in [1.29, 1.82) is 0 Å². The minimum absolute atomic E-state index is 0.0505. The third-order valence-corrected chi connectivity index (χ3v) is 3.51. The Bertz CT molecular complexity index is 715. The molecule has 0 N–H and O–H groups in total. The summed E-state index contributed by atoms with van der Waals surface area (Å²) in [6.45, 7) is 0.612. The van der Waals surface area contributed by atoms with E-state index in [2.05, 4.69) is 9.97 Å². The van der Waals surface area contributed by atoms with Crippen molar-refractivity contribution >= 4 is 5.91 Å². The second-order valence-corrected chi connectivity index (χ2v) is 4.81. The molecule has 3 rings (SSSR count). The van der Waals surface area contributed by atoms with Gasteiger partial charge in [-0.3, -0.25) is 4.79 Å². The van der Waals surface area contributed by atoms with E-state index >= 15 is 0 Å². The van der Waals surface area contributed by atoms with Gasteiger partial charge in [0.25, 0.3) is 5.91 Å². The number of hydrogen-bond donors (Lipinski definition) is 0. The van der Waals surface area contributed by atoms with E-state index in [1.54, 1.807) is 25.3 Å². The molecule has 2 aromatic rings.